The van der Waals surface area contributed by atoms with Gasteiger partial charge >= 0.3 is 0 Å². The van der Waals surface area contributed by atoms with Gasteiger partial charge in [-0.05, 0) is 86.9 Å². The van der Waals surface area contributed by atoms with Crippen LogP contribution in [-0.4, -0.2) is 35.8 Å². The van der Waals surface area contributed by atoms with Crippen LogP contribution in [0.25, 0.3) is 0 Å². The maximum atomic E-state index is 13.1. The minimum atomic E-state index is -0.0598. The fourth-order valence-electron chi connectivity index (χ4n) is 7.68. The average Bonchev–Trinajstić information content (AvgIpc) is 3.30. The van der Waals surface area contributed by atoms with E-state index in [0.29, 0.717) is 24.8 Å². The fraction of sp³-hybridized carbons (Fsp3) is 0.913. The van der Waals surface area contributed by atoms with E-state index in [4.69, 9.17) is 0 Å². The highest BCUT2D eigenvalue weighted by atomic mass is 16.2. The van der Waals surface area contributed by atoms with Crippen molar-refractivity contribution in [3.8, 4) is 0 Å². The lowest BCUT2D eigenvalue weighted by Gasteiger charge is -2.54. The van der Waals surface area contributed by atoms with Crippen LogP contribution < -0.4 is 5.32 Å². The Bertz CT molecular complexity index is 561. The number of likely N-dealkylation sites (tertiary alicyclic amines) is 1. The van der Waals surface area contributed by atoms with Gasteiger partial charge in [0.25, 0.3) is 0 Å². The topological polar surface area (TPSA) is 49.4 Å². The van der Waals surface area contributed by atoms with Gasteiger partial charge in [-0.25, -0.2) is 0 Å². The van der Waals surface area contributed by atoms with Crippen LogP contribution in [0.15, 0.2) is 0 Å². The molecular weight excluding hydrogens is 336 g/mol. The lowest BCUT2D eigenvalue weighted by Crippen LogP contribution is -2.56. The number of carbonyl (C=O) groups excluding carboxylic acids is 2. The number of nitrogens with zero attached hydrogens (tertiary/aromatic N) is 1. The van der Waals surface area contributed by atoms with Crippen LogP contribution in [-0.2, 0) is 9.59 Å². The van der Waals surface area contributed by atoms with Crippen LogP contribution in [0.2, 0.25) is 0 Å². The Labute approximate surface area is 163 Å². The predicted octanol–water partition coefficient (Wildman–Crippen LogP) is 3.89. The second-order valence-corrected chi connectivity index (χ2v) is 10.7. The molecule has 27 heavy (non-hydrogen) atoms. The Morgan fingerprint density at radius 2 is 1.41 bits per heavy atom. The maximum absolute atomic E-state index is 13.1. The number of rotatable bonds is 5. The summed E-state index contributed by atoms with van der Waals surface area (Å²) in [6, 6.07) is 0.429. The zero-order valence-electron chi connectivity index (χ0n) is 16.8. The summed E-state index contributed by atoms with van der Waals surface area (Å²) in [4.78, 5) is 27.9. The smallest absolute Gasteiger partial charge is 0.223 e. The quantitative estimate of drug-likeness (QED) is 0.796. The van der Waals surface area contributed by atoms with Crippen LogP contribution in [0.1, 0.15) is 83.5 Å². The van der Waals surface area contributed by atoms with Gasteiger partial charge in [0.1, 0.15) is 0 Å². The predicted molar refractivity (Wildman–Crippen MR) is 105 cm³/mol. The molecule has 6 aliphatic rings. The van der Waals surface area contributed by atoms with Gasteiger partial charge in [0.2, 0.25) is 11.8 Å². The minimum absolute atomic E-state index is 0.0598. The normalized spacial score (nSPS) is 39.1. The van der Waals surface area contributed by atoms with Crippen molar-refractivity contribution in [2.45, 2.75) is 89.5 Å². The van der Waals surface area contributed by atoms with Crippen LogP contribution >= 0.6 is 0 Å². The molecule has 2 amide bonds. The third-order valence-electron chi connectivity index (χ3n) is 8.74. The molecule has 0 aromatic heterocycles. The van der Waals surface area contributed by atoms with E-state index in [1.807, 2.05) is 4.90 Å². The van der Waals surface area contributed by atoms with Crippen molar-refractivity contribution in [2.75, 3.05) is 13.1 Å². The van der Waals surface area contributed by atoms with E-state index < -0.39 is 0 Å². The van der Waals surface area contributed by atoms with Gasteiger partial charge in [-0.15, -0.1) is 0 Å². The first kappa shape index (κ1) is 18.0. The Kier molecular flexibility index (Phi) is 4.72. The molecule has 4 nitrogen and oxygen atoms in total. The second kappa shape index (κ2) is 7.08. The summed E-state index contributed by atoms with van der Waals surface area (Å²) >= 11 is 0. The van der Waals surface area contributed by atoms with Gasteiger partial charge < -0.3 is 10.2 Å². The number of hydrogen-bond acceptors (Lipinski definition) is 2. The van der Waals surface area contributed by atoms with Crippen LogP contribution in [0.4, 0.5) is 0 Å². The van der Waals surface area contributed by atoms with Gasteiger partial charge in [0, 0.05) is 32.0 Å². The summed E-state index contributed by atoms with van der Waals surface area (Å²) in [5, 5.41) is 3.49. The largest absolute Gasteiger partial charge is 0.353 e. The third-order valence-corrected chi connectivity index (χ3v) is 8.74. The monoisotopic (exact) mass is 372 g/mol. The van der Waals surface area contributed by atoms with Gasteiger partial charge in [0.15, 0.2) is 0 Å². The van der Waals surface area contributed by atoms with Crippen LogP contribution in [0.5, 0.6) is 0 Å². The Morgan fingerprint density at radius 1 is 0.815 bits per heavy atom. The summed E-state index contributed by atoms with van der Waals surface area (Å²) in [5.41, 5.74) is -0.0598. The Hall–Kier alpha value is -1.06. The molecule has 1 N–H and O–H groups in total. The molecule has 0 aromatic carbocycles. The molecule has 0 aromatic rings. The molecule has 6 fully saturated rings. The first-order valence-electron chi connectivity index (χ1n) is 11.7. The summed E-state index contributed by atoms with van der Waals surface area (Å²) in [6.07, 6.45) is 14.8. The average molecular weight is 373 g/mol. The van der Waals surface area contributed by atoms with Crippen molar-refractivity contribution < 1.29 is 9.59 Å². The van der Waals surface area contributed by atoms with E-state index in [-0.39, 0.29) is 11.3 Å². The first-order valence-corrected chi connectivity index (χ1v) is 11.7. The van der Waals surface area contributed by atoms with E-state index in [2.05, 4.69) is 5.32 Å². The molecule has 1 aliphatic heterocycles. The number of hydrogen-bond donors (Lipinski definition) is 1. The maximum Gasteiger partial charge on any atom is 0.223 e. The van der Waals surface area contributed by atoms with Crippen molar-refractivity contribution in [1.29, 1.82) is 0 Å². The van der Waals surface area contributed by atoms with E-state index in [9.17, 15) is 9.59 Å². The number of amides is 2. The third kappa shape index (κ3) is 3.53. The molecule has 4 heteroatoms. The lowest BCUT2D eigenvalue weighted by molar-refractivity contribution is -0.134. The Balaban J connectivity index is 1.21. The molecule has 6 rings (SSSR count). The Morgan fingerprint density at radius 3 is 2.00 bits per heavy atom. The highest BCUT2D eigenvalue weighted by Crippen LogP contribution is 2.54. The van der Waals surface area contributed by atoms with Crippen molar-refractivity contribution in [1.82, 2.24) is 10.2 Å². The second-order valence-electron chi connectivity index (χ2n) is 10.7. The van der Waals surface area contributed by atoms with Gasteiger partial charge in [-0.3, -0.25) is 9.59 Å². The lowest BCUT2D eigenvalue weighted by atomic mass is 9.54. The van der Waals surface area contributed by atoms with Crippen LogP contribution in [0.3, 0.4) is 0 Å². The molecule has 0 spiro atoms. The molecule has 5 saturated carbocycles. The zero-order chi connectivity index (χ0) is 18.4. The first-order chi connectivity index (χ1) is 13.1. The molecular formula is C23H36N2O2. The minimum Gasteiger partial charge on any atom is -0.353 e. The highest BCUT2D eigenvalue weighted by molar-refractivity contribution is 5.81. The van der Waals surface area contributed by atoms with Gasteiger partial charge in [-0.1, -0.05) is 12.8 Å². The molecule has 1 heterocycles. The van der Waals surface area contributed by atoms with Crippen molar-refractivity contribution in [2.24, 2.45) is 29.1 Å². The number of nitrogens with one attached hydrogen (secondary N) is 1. The molecule has 0 radical (unpaired) electrons. The molecule has 0 atom stereocenters. The fourth-order valence-corrected chi connectivity index (χ4v) is 7.68. The SMILES string of the molecule is O=C(CC1(CC(=O)N2CCCC2)CCCC1)NC1C2CC3CC(C2)CC1C3. The van der Waals surface area contributed by atoms with Gasteiger partial charge in [-0.2, -0.15) is 0 Å². The molecule has 5 aliphatic carbocycles. The van der Waals surface area contributed by atoms with Crippen molar-refractivity contribution in [3.05, 3.63) is 0 Å². The summed E-state index contributed by atoms with van der Waals surface area (Å²) in [7, 11) is 0. The molecule has 0 unspecified atom stereocenters. The van der Waals surface area contributed by atoms with Crippen molar-refractivity contribution >= 4 is 11.8 Å². The molecule has 150 valence electrons. The molecule has 1 saturated heterocycles. The zero-order valence-corrected chi connectivity index (χ0v) is 16.8. The van der Waals surface area contributed by atoms with E-state index >= 15 is 0 Å². The van der Waals surface area contributed by atoms with E-state index in [1.54, 1.807) is 0 Å². The standard InChI is InChI=1S/C23H36N2O2/c26-20(24-22-18-10-16-9-17(12-18)13-19(22)11-16)14-23(5-1-2-6-23)15-21(27)25-7-3-4-8-25/h16-19,22H,1-15H2,(H,24,26). The van der Waals surface area contributed by atoms with Crippen LogP contribution in [0, 0.1) is 29.1 Å². The summed E-state index contributed by atoms with van der Waals surface area (Å²) in [5.74, 6) is 3.90. The summed E-state index contributed by atoms with van der Waals surface area (Å²) in [6.45, 7) is 1.85. The van der Waals surface area contributed by atoms with E-state index in [0.717, 1.165) is 62.4 Å². The van der Waals surface area contributed by atoms with Crippen molar-refractivity contribution in [3.63, 3.8) is 0 Å². The van der Waals surface area contributed by atoms with Gasteiger partial charge in [0.05, 0.1) is 0 Å². The number of carbonyl (C=O) groups is 2. The molecule has 4 bridgehead atoms. The van der Waals surface area contributed by atoms with E-state index in [1.165, 1.54) is 44.9 Å². The summed E-state index contributed by atoms with van der Waals surface area (Å²) < 4.78 is 0. The highest BCUT2D eigenvalue weighted by Gasteiger charge is 2.49.